The molecule has 2 nitrogen and oxygen atoms in total. The van der Waals surface area contributed by atoms with Gasteiger partial charge in [-0.05, 0) is 42.5 Å². The molecule has 1 unspecified atom stereocenters. The molecule has 2 rings (SSSR count). The Labute approximate surface area is 110 Å². The molecule has 0 radical (unpaired) electrons. The third kappa shape index (κ3) is 2.85. The molecular weight excluding hydrogens is 313 g/mol. The summed E-state index contributed by atoms with van der Waals surface area (Å²) in [5.74, 6) is -1.95. The summed E-state index contributed by atoms with van der Waals surface area (Å²) >= 11 is 3.00. The smallest absolute Gasteiger partial charge is 0.416 e. The van der Waals surface area contributed by atoms with E-state index in [0.29, 0.717) is 0 Å². The quantitative estimate of drug-likeness (QED) is 0.911. The normalized spacial score (nSPS) is 17.6. The molecule has 1 aromatic carbocycles. The lowest BCUT2D eigenvalue weighted by Crippen LogP contribution is -2.15. The Balaban J connectivity index is 2.43. The van der Waals surface area contributed by atoms with Gasteiger partial charge in [0.1, 0.15) is 0 Å². The molecule has 0 saturated heterocycles. The van der Waals surface area contributed by atoms with E-state index >= 15 is 0 Å². The highest BCUT2D eigenvalue weighted by Gasteiger charge is 2.39. The number of carboxylic acids is 1. The van der Waals surface area contributed by atoms with Gasteiger partial charge in [0.2, 0.25) is 0 Å². The molecule has 1 aromatic rings. The molecule has 0 spiro atoms. The molecule has 1 N–H and O–H groups in total. The van der Waals surface area contributed by atoms with Crippen molar-refractivity contribution >= 4 is 21.9 Å². The Kier molecular flexibility index (Phi) is 3.40. The predicted octanol–water partition coefficient (Wildman–Crippen LogP) is 4.05. The summed E-state index contributed by atoms with van der Waals surface area (Å²) in [7, 11) is 0. The van der Waals surface area contributed by atoms with Gasteiger partial charge in [-0.1, -0.05) is 15.9 Å². The first-order valence-corrected chi connectivity index (χ1v) is 6.19. The number of benzene rings is 1. The van der Waals surface area contributed by atoms with Crippen LogP contribution in [-0.2, 0) is 11.0 Å². The van der Waals surface area contributed by atoms with Crippen LogP contribution in [0.3, 0.4) is 0 Å². The number of alkyl halides is 3. The number of hydrogen-bond donors (Lipinski definition) is 1. The van der Waals surface area contributed by atoms with Crippen molar-refractivity contribution < 1.29 is 23.1 Å². The minimum atomic E-state index is -4.47. The van der Waals surface area contributed by atoms with Gasteiger partial charge in [0.25, 0.3) is 0 Å². The van der Waals surface area contributed by atoms with Gasteiger partial charge >= 0.3 is 12.1 Å². The maximum Gasteiger partial charge on any atom is 0.416 e. The topological polar surface area (TPSA) is 37.3 Å². The Bertz CT molecular complexity index is 481. The molecule has 1 fully saturated rings. The molecule has 1 aliphatic rings. The number of carboxylic acid groups (broad SMARTS) is 1. The molecule has 98 valence electrons. The van der Waals surface area contributed by atoms with Gasteiger partial charge < -0.3 is 5.11 Å². The van der Waals surface area contributed by atoms with E-state index in [1.807, 2.05) is 0 Å². The molecule has 1 saturated carbocycles. The maximum absolute atomic E-state index is 12.7. The van der Waals surface area contributed by atoms with Gasteiger partial charge in [-0.15, -0.1) is 0 Å². The average molecular weight is 323 g/mol. The van der Waals surface area contributed by atoms with E-state index in [4.69, 9.17) is 5.11 Å². The van der Waals surface area contributed by atoms with Crippen molar-refractivity contribution in [1.82, 2.24) is 0 Å². The predicted molar refractivity (Wildman–Crippen MR) is 62.2 cm³/mol. The van der Waals surface area contributed by atoms with Crippen LogP contribution in [0.25, 0.3) is 0 Å². The third-order valence-corrected chi connectivity index (χ3v) is 3.42. The third-order valence-electron chi connectivity index (χ3n) is 2.97. The molecule has 0 heterocycles. The molecule has 0 aromatic heterocycles. The maximum atomic E-state index is 12.7. The van der Waals surface area contributed by atoms with E-state index in [9.17, 15) is 18.0 Å². The molecule has 1 atom stereocenters. The van der Waals surface area contributed by atoms with Crippen LogP contribution < -0.4 is 0 Å². The molecule has 0 amide bonds. The molecule has 6 heteroatoms. The summed E-state index contributed by atoms with van der Waals surface area (Å²) < 4.78 is 38.2. The summed E-state index contributed by atoms with van der Waals surface area (Å²) in [5.41, 5.74) is -0.606. The molecule has 0 bridgehead atoms. The second-order valence-corrected chi connectivity index (χ2v) is 5.34. The molecule has 0 aliphatic heterocycles. The zero-order chi connectivity index (χ0) is 13.5. The number of carbonyl (C=O) groups is 1. The van der Waals surface area contributed by atoms with E-state index in [0.717, 1.165) is 25.0 Å². The van der Waals surface area contributed by atoms with E-state index in [2.05, 4.69) is 15.9 Å². The Morgan fingerprint density at radius 3 is 2.39 bits per heavy atom. The summed E-state index contributed by atoms with van der Waals surface area (Å²) in [5, 5.41) is 9.13. The van der Waals surface area contributed by atoms with E-state index in [-0.39, 0.29) is 16.0 Å². The van der Waals surface area contributed by atoms with Crippen molar-refractivity contribution in [3.8, 4) is 0 Å². The summed E-state index contributed by atoms with van der Waals surface area (Å²) in [6, 6.07) is 3.34. The number of rotatable bonds is 3. The van der Waals surface area contributed by atoms with Crippen molar-refractivity contribution in [3.05, 3.63) is 33.8 Å². The van der Waals surface area contributed by atoms with Gasteiger partial charge in [-0.25, -0.2) is 0 Å². The van der Waals surface area contributed by atoms with Crippen molar-refractivity contribution in [2.24, 2.45) is 5.92 Å². The highest BCUT2D eigenvalue weighted by Crippen LogP contribution is 2.44. The zero-order valence-corrected chi connectivity index (χ0v) is 10.8. The van der Waals surface area contributed by atoms with Crippen LogP contribution in [0.15, 0.2) is 22.7 Å². The van der Waals surface area contributed by atoms with Gasteiger partial charge in [0.05, 0.1) is 11.5 Å². The first-order valence-electron chi connectivity index (χ1n) is 5.39. The van der Waals surface area contributed by atoms with Crippen LogP contribution in [0.5, 0.6) is 0 Å². The summed E-state index contributed by atoms with van der Waals surface area (Å²) in [4.78, 5) is 11.2. The standard InChI is InChI=1S/C12H10BrF3O2/c13-9-4-7(3-8(5-9)12(14,15)16)10(11(17)18)6-1-2-6/h3-6,10H,1-2H2,(H,17,18). The van der Waals surface area contributed by atoms with E-state index in [1.165, 1.54) is 6.07 Å². The Morgan fingerprint density at radius 2 is 1.94 bits per heavy atom. The summed E-state index contributed by atoms with van der Waals surface area (Å²) in [6.07, 6.45) is -2.96. The average Bonchev–Trinajstić information content (AvgIpc) is 2.99. The fourth-order valence-corrected chi connectivity index (χ4v) is 2.51. The first-order chi connectivity index (χ1) is 8.29. The molecular formula is C12H10BrF3O2. The summed E-state index contributed by atoms with van der Waals surface area (Å²) in [6.45, 7) is 0. The molecule has 18 heavy (non-hydrogen) atoms. The first kappa shape index (κ1) is 13.4. The monoisotopic (exact) mass is 322 g/mol. The largest absolute Gasteiger partial charge is 0.481 e. The van der Waals surface area contributed by atoms with Crippen LogP contribution in [0.1, 0.15) is 29.9 Å². The second-order valence-electron chi connectivity index (χ2n) is 4.42. The van der Waals surface area contributed by atoms with Crippen molar-refractivity contribution in [1.29, 1.82) is 0 Å². The van der Waals surface area contributed by atoms with E-state index in [1.54, 1.807) is 0 Å². The Hall–Kier alpha value is -1.04. The lowest BCUT2D eigenvalue weighted by atomic mass is 9.93. The number of hydrogen-bond acceptors (Lipinski definition) is 1. The van der Waals surface area contributed by atoms with Crippen molar-refractivity contribution in [3.63, 3.8) is 0 Å². The van der Waals surface area contributed by atoms with Crippen LogP contribution in [-0.4, -0.2) is 11.1 Å². The number of aliphatic carboxylic acids is 1. The van der Waals surface area contributed by atoms with Crippen LogP contribution >= 0.6 is 15.9 Å². The van der Waals surface area contributed by atoms with Crippen molar-refractivity contribution in [2.45, 2.75) is 24.9 Å². The highest BCUT2D eigenvalue weighted by atomic mass is 79.9. The fraction of sp³-hybridized carbons (Fsp3) is 0.417. The van der Waals surface area contributed by atoms with Gasteiger partial charge in [0, 0.05) is 4.47 Å². The SMILES string of the molecule is O=C(O)C(c1cc(Br)cc(C(F)(F)F)c1)C1CC1. The van der Waals surface area contributed by atoms with Gasteiger partial charge in [0.15, 0.2) is 0 Å². The number of halogens is 4. The fourth-order valence-electron chi connectivity index (χ4n) is 2.00. The highest BCUT2D eigenvalue weighted by molar-refractivity contribution is 9.10. The minimum absolute atomic E-state index is 0.0436. The molecule has 1 aliphatic carbocycles. The minimum Gasteiger partial charge on any atom is -0.481 e. The lowest BCUT2D eigenvalue weighted by Gasteiger charge is -2.15. The van der Waals surface area contributed by atoms with Crippen LogP contribution in [0, 0.1) is 5.92 Å². The Morgan fingerprint density at radius 1 is 1.33 bits per heavy atom. The van der Waals surface area contributed by atoms with E-state index < -0.39 is 23.6 Å². The van der Waals surface area contributed by atoms with Crippen molar-refractivity contribution in [2.75, 3.05) is 0 Å². The van der Waals surface area contributed by atoms with Crippen LogP contribution in [0.4, 0.5) is 13.2 Å². The van der Waals surface area contributed by atoms with Gasteiger partial charge in [-0.3, -0.25) is 4.79 Å². The zero-order valence-electron chi connectivity index (χ0n) is 9.17. The second kappa shape index (κ2) is 4.57. The lowest BCUT2D eigenvalue weighted by molar-refractivity contribution is -0.140. The van der Waals surface area contributed by atoms with Gasteiger partial charge in [-0.2, -0.15) is 13.2 Å². The van der Waals surface area contributed by atoms with Crippen LogP contribution in [0.2, 0.25) is 0 Å².